The fourth-order valence-corrected chi connectivity index (χ4v) is 11.4. The molecule has 0 aliphatic rings. The van der Waals surface area contributed by atoms with Crippen LogP contribution < -0.4 is 45.8 Å². The number of ether oxygens (including phenoxy) is 5. The summed E-state index contributed by atoms with van der Waals surface area (Å²) in [6.07, 6.45) is 18.8. The van der Waals surface area contributed by atoms with Gasteiger partial charge in [-0.1, -0.05) is 122 Å². The quantitative estimate of drug-likeness (QED) is 0.00396. The number of hydrogen-bond acceptors (Lipinski definition) is 18. The van der Waals surface area contributed by atoms with E-state index in [4.69, 9.17) is 45.4 Å². The Morgan fingerprint density at radius 3 is 1.09 bits per heavy atom. The smallest absolute Gasteiger partial charge is 0.335 e. The second kappa shape index (κ2) is 45.2. The van der Waals surface area contributed by atoms with E-state index in [0.29, 0.717) is 54.5 Å². The number of Topliss-reactive ketones (excluding diaryl/α,β-unsaturated/α-hetero) is 1. The second-order valence-corrected chi connectivity index (χ2v) is 25.8. The summed E-state index contributed by atoms with van der Waals surface area (Å²) in [5, 5.41) is 41.8. The van der Waals surface area contributed by atoms with Crippen molar-refractivity contribution >= 4 is 75.2 Å². The lowest BCUT2D eigenvalue weighted by atomic mass is 9.96. The molecule has 0 atom stereocenters. The number of hydrogen-bond donors (Lipinski definition) is 6. The third kappa shape index (κ3) is 30.7. The number of carbonyl (C=O) groups excluding carboxylic acids is 3. The molecular formula is C84H104N8O12. The molecule has 552 valence electrons. The highest BCUT2D eigenvalue weighted by Crippen LogP contribution is 2.31. The minimum Gasteiger partial charge on any atom is -0.494 e. The number of benzene rings is 8. The molecule has 0 amide bonds. The van der Waals surface area contributed by atoms with E-state index in [1.54, 1.807) is 42.5 Å². The van der Waals surface area contributed by atoms with Crippen molar-refractivity contribution in [2.24, 2.45) is 20.5 Å². The number of carboxylic acid groups (broad SMARTS) is 2. The molecule has 0 aliphatic heterocycles. The van der Waals surface area contributed by atoms with Crippen molar-refractivity contribution in [3.8, 4) is 28.7 Å². The van der Waals surface area contributed by atoms with Crippen molar-refractivity contribution < 1.29 is 57.9 Å². The number of azo groups is 2. The lowest BCUT2D eigenvalue weighted by Crippen LogP contribution is -2.12. The average Bonchev–Trinajstić information content (AvgIpc) is 0.823. The summed E-state index contributed by atoms with van der Waals surface area (Å²) in [5.74, 6) is -1.24. The number of carbonyl (C=O) groups is 5. The van der Waals surface area contributed by atoms with Crippen LogP contribution in [0.25, 0.3) is 0 Å². The minimum absolute atomic E-state index is 0.0785. The fourth-order valence-electron chi connectivity index (χ4n) is 11.4. The van der Waals surface area contributed by atoms with Gasteiger partial charge in [0.05, 0.1) is 47.1 Å². The van der Waals surface area contributed by atoms with Gasteiger partial charge in [0.25, 0.3) is 0 Å². The van der Waals surface area contributed by atoms with Crippen molar-refractivity contribution in [3.05, 3.63) is 208 Å². The Bertz CT molecular complexity index is 3990. The third-order valence-electron chi connectivity index (χ3n) is 16.6. The highest BCUT2D eigenvalue weighted by molar-refractivity contribution is 5.95. The maximum Gasteiger partial charge on any atom is 0.335 e. The number of nitrogens with two attached hydrogens (primary N) is 2. The van der Waals surface area contributed by atoms with Crippen LogP contribution in [0.2, 0.25) is 0 Å². The summed E-state index contributed by atoms with van der Waals surface area (Å²) >= 11 is 0. The Morgan fingerprint density at radius 2 is 0.721 bits per heavy atom. The number of ketones is 1. The van der Waals surface area contributed by atoms with Crippen LogP contribution in [0.1, 0.15) is 207 Å². The number of nitrogen functional groups attached to an aromatic ring is 2. The van der Waals surface area contributed by atoms with Crippen LogP contribution >= 0.6 is 0 Å². The summed E-state index contributed by atoms with van der Waals surface area (Å²) in [6, 6.07) is 46.7. The first-order chi connectivity index (χ1) is 50.2. The number of aromatic carboxylic acids is 2. The Morgan fingerprint density at radius 1 is 0.394 bits per heavy atom. The van der Waals surface area contributed by atoms with Gasteiger partial charge in [-0.15, -0.1) is 0 Å². The molecule has 0 bridgehead atoms. The van der Waals surface area contributed by atoms with Gasteiger partial charge in [0.1, 0.15) is 28.7 Å². The molecular weight excluding hydrogens is 1310 g/mol. The summed E-state index contributed by atoms with van der Waals surface area (Å²) in [4.78, 5) is 59.5. The second-order valence-electron chi connectivity index (χ2n) is 25.8. The van der Waals surface area contributed by atoms with Gasteiger partial charge in [-0.25, -0.2) is 9.59 Å². The molecule has 0 spiro atoms. The molecule has 0 aromatic heterocycles. The Kier molecular flexibility index (Phi) is 35.6. The molecule has 20 nitrogen and oxygen atoms in total. The number of aryl methyl sites for hydroxylation is 4. The standard InChI is InChI=1S/C50H61N5O5.C31H35N3O7.C3H8/c1-34-25-39(26-35(2)49(34)52-6)29-40-27-36(3)50(37(4)28-40)53-33-59-46-30-41(38(5)56)31-47(32-46)60-48(57)15-13-11-9-7-8-10-12-14-24-58-45-22-20-44(21-23-45)55-54-43-18-16-42(51)17-19-43;32-24-10-12-25(13-11-24)33-34-26-14-16-27(17-15-26)40-18-8-6-4-2-1-3-5-7-9-29(35)41-28-20-22(30(36)37)19-23(21-28)31(38)39;1-3-2/h16-23,25-28,30-32,52-53H,7-15,24,29,33,51H2,1-6H3;10-17,19-21H,1-9,18,32H2,(H,36,37)(H,38,39);3H2,1-2H3. The fraction of sp³-hybridized carbons (Fsp3) is 0.369. The van der Waals surface area contributed by atoms with Crippen LogP contribution in [0.15, 0.2) is 178 Å². The highest BCUT2D eigenvalue weighted by atomic mass is 16.5. The van der Waals surface area contributed by atoms with Crippen molar-refractivity contribution in [2.75, 3.05) is 49.1 Å². The van der Waals surface area contributed by atoms with Crippen LogP contribution in [-0.2, 0) is 16.0 Å². The molecule has 8 aromatic rings. The average molecular weight is 1420 g/mol. The van der Waals surface area contributed by atoms with Gasteiger partial charge in [0, 0.05) is 54.3 Å². The summed E-state index contributed by atoms with van der Waals surface area (Å²) in [7, 11) is 1.96. The van der Waals surface area contributed by atoms with Gasteiger partial charge in [0.15, 0.2) is 12.5 Å². The number of esters is 2. The van der Waals surface area contributed by atoms with E-state index < -0.39 is 17.9 Å². The predicted octanol–water partition coefficient (Wildman–Crippen LogP) is 21.7. The molecule has 0 unspecified atom stereocenters. The van der Waals surface area contributed by atoms with Crippen molar-refractivity contribution in [3.63, 3.8) is 0 Å². The summed E-state index contributed by atoms with van der Waals surface area (Å²) in [5.41, 5.74) is 25.1. The molecule has 0 radical (unpaired) electrons. The van der Waals surface area contributed by atoms with Gasteiger partial charge in [-0.3, -0.25) is 14.4 Å². The number of carboxylic acids is 2. The molecule has 0 aliphatic carbocycles. The van der Waals surface area contributed by atoms with Crippen LogP contribution in [0.3, 0.4) is 0 Å². The van der Waals surface area contributed by atoms with E-state index in [-0.39, 0.29) is 41.8 Å². The zero-order valence-electron chi connectivity index (χ0n) is 61.7. The number of nitrogens with zero attached hydrogens (tertiary/aromatic N) is 4. The van der Waals surface area contributed by atoms with Crippen LogP contribution in [0, 0.1) is 27.7 Å². The van der Waals surface area contributed by atoms with E-state index in [9.17, 15) is 24.0 Å². The summed E-state index contributed by atoms with van der Waals surface area (Å²) < 4.78 is 28.6. The molecule has 0 saturated heterocycles. The predicted molar refractivity (Wildman–Crippen MR) is 414 cm³/mol. The number of nitrogens with one attached hydrogen (secondary N) is 2. The SMILES string of the molecule is CCC.CNc1c(C)cc(Cc2cc(C)c(NCOc3cc(OC(=O)CCCCCCCCCCOc4ccc(N=Nc5ccc(N)cc5)cc4)cc(C(C)=O)c3)c(C)c2)cc1C.Nc1ccc(N=Nc2ccc(OCCCCCCCCCCC(=O)Oc3cc(C(=O)O)cc(C(=O)O)c3)cc2)cc1. The van der Waals surface area contributed by atoms with E-state index in [1.807, 2.05) is 79.8 Å². The van der Waals surface area contributed by atoms with E-state index in [1.165, 1.54) is 41.3 Å². The Hall–Kier alpha value is -10.9. The zero-order valence-corrected chi connectivity index (χ0v) is 61.7. The largest absolute Gasteiger partial charge is 0.494 e. The number of anilines is 4. The van der Waals surface area contributed by atoms with E-state index in [2.05, 4.69) is 96.9 Å². The van der Waals surface area contributed by atoms with Crippen LogP contribution in [-0.4, -0.2) is 66.9 Å². The van der Waals surface area contributed by atoms with Crippen molar-refractivity contribution in [1.29, 1.82) is 0 Å². The van der Waals surface area contributed by atoms with Gasteiger partial charge in [-0.2, -0.15) is 20.5 Å². The Balaban J connectivity index is 0.000000336. The minimum atomic E-state index is -1.29. The van der Waals surface area contributed by atoms with Crippen LogP contribution in [0.5, 0.6) is 28.7 Å². The molecule has 0 heterocycles. The topological polar surface area (TPSA) is 298 Å². The first-order valence-corrected chi connectivity index (χ1v) is 36.1. The Labute approximate surface area is 613 Å². The third-order valence-corrected chi connectivity index (χ3v) is 16.6. The number of rotatable bonds is 40. The van der Waals surface area contributed by atoms with Gasteiger partial charge < -0.3 is 56.0 Å². The normalized spacial score (nSPS) is 10.9. The maximum atomic E-state index is 12.7. The molecule has 8 aromatic carbocycles. The van der Waals surface area contributed by atoms with Crippen LogP contribution in [0.4, 0.5) is 45.5 Å². The van der Waals surface area contributed by atoms with E-state index >= 15 is 0 Å². The lowest BCUT2D eigenvalue weighted by molar-refractivity contribution is -0.135. The molecule has 104 heavy (non-hydrogen) atoms. The maximum absolute atomic E-state index is 12.7. The van der Waals surface area contributed by atoms with E-state index in [0.717, 1.165) is 172 Å². The molecule has 0 saturated carbocycles. The first-order valence-electron chi connectivity index (χ1n) is 36.1. The van der Waals surface area contributed by atoms with Gasteiger partial charge >= 0.3 is 23.9 Å². The molecule has 8 N–H and O–H groups in total. The summed E-state index contributed by atoms with van der Waals surface area (Å²) in [6.45, 7) is 15.7. The first kappa shape index (κ1) is 82.1. The lowest BCUT2D eigenvalue weighted by Gasteiger charge is -2.17. The highest BCUT2D eigenvalue weighted by Gasteiger charge is 2.16. The van der Waals surface area contributed by atoms with Crippen molar-refractivity contribution in [2.45, 2.75) is 177 Å². The van der Waals surface area contributed by atoms with Gasteiger partial charge in [0.2, 0.25) is 0 Å². The molecule has 8 rings (SSSR count). The van der Waals surface area contributed by atoms with Gasteiger partial charge in [-0.05, 0) is 227 Å². The monoisotopic (exact) mass is 1420 g/mol. The zero-order chi connectivity index (χ0) is 75.0. The number of unbranched alkanes of at least 4 members (excludes halogenated alkanes) is 14. The van der Waals surface area contributed by atoms with Crippen molar-refractivity contribution in [1.82, 2.24) is 0 Å². The molecule has 20 heteroatoms. The molecule has 0 fully saturated rings.